The van der Waals surface area contributed by atoms with E-state index in [9.17, 15) is 26.3 Å². The van der Waals surface area contributed by atoms with Crippen molar-refractivity contribution in [2.24, 2.45) is 0 Å². The van der Waals surface area contributed by atoms with E-state index in [0.717, 1.165) is 24.3 Å². The Hall–Kier alpha value is -3.37. The molecule has 0 spiro atoms. The van der Waals surface area contributed by atoms with Gasteiger partial charge in [-0.25, -0.2) is 13.2 Å². The number of benzene rings is 3. The quantitative estimate of drug-likeness (QED) is 0.283. The fourth-order valence-corrected chi connectivity index (χ4v) is 4.23. The smallest absolute Gasteiger partial charge is 0.426 e. The summed E-state index contributed by atoms with van der Waals surface area (Å²) >= 11 is 0. The number of alkyl halides is 6. The van der Waals surface area contributed by atoms with Gasteiger partial charge in [0.1, 0.15) is 5.82 Å². The molecule has 4 rings (SSSR count). The van der Waals surface area contributed by atoms with Crippen molar-refractivity contribution in [1.29, 1.82) is 0 Å². The second kappa shape index (κ2) is 9.18. The highest BCUT2D eigenvalue weighted by Gasteiger charge is 2.65. The minimum atomic E-state index is -5.35. The van der Waals surface area contributed by atoms with Crippen LogP contribution in [0.25, 0.3) is 11.1 Å². The van der Waals surface area contributed by atoms with Gasteiger partial charge in [-0.05, 0) is 66.4 Å². The molecule has 0 heterocycles. The van der Waals surface area contributed by atoms with E-state index in [1.165, 1.54) is 6.92 Å². The maximum absolute atomic E-state index is 15.2. The summed E-state index contributed by atoms with van der Waals surface area (Å²) in [7, 11) is 0. The van der Waals surface area contributed by atoms with E-state index in [0.29, 0.717) is 24.6 Å². The van der Waals surface area contributed by atoms with Crippen LogP contribution < -0.4 is 9.47 Å². The van der Waals surface area contributed by atoms with Crippen molar-refractivity contribution in [3.05, 3.63) is 82.2 Å². The second-order valence-corrected chi connectivity index (χ2v) is 8.36. The molecule has 0 aromatic heterocycles. The van der Waals surface area contributed by atoms with Crippen LogP contribution in [0.4, 0.5) is 39.5 Å². The molecule has 3 aromatic rings. The molecule has 0 atom stereocenters. The summed E-state index contributed by atoms with van der Waals surface area (Å²) in [6, 6.07) is 5.29. The van der Waals surface area contributed by atoms with E-state index in [-0.39, 0.29) is 18.6 Å². The van der Waals surface area contributed by atoms with E-state index in [2.05, 4.69) is 4.74 Å². The molecular formula is C26H19F9O2. The molecule has 0 fully saturated rings. The molecule has 1 aliphatic carbocycles. The molecule has 2 nitrogen and oxygen atoms in total. The normalized spacial score (nSPS) is 15.6. The lowest BCUT2D eigenvalue weighted by molar-refractivity contribution is -0.228. The maximum Gasteiger partial charge on any atom is 0.426 e. The molecule has 3 aromatic carbocycles. The molecule has 0 amide bonds. The molecule has 0 saturated carbocycles. The van der Waals surface area contributed by atoms with Crippen LogP contribution in [-0.4, -0.2) is 6.61 Å². The van der Waals surface area contributed by atoms with Crippen LogP contribution in [0.1, 0.15) is 42.5 Å². The van der Waals surface area contributed by atoms with Crippen LogP contribution in [0, 0.1) is 17.5 Å². The number of hydrogen-bond donors (Lipinski definition) is 0. The Morgan fingerprint density at radius 3 is 1.81 bits per heavy atom. The highest BCUT2D eigenvalue weighted by Crippen LogP contribution is 2.60. The number of fused-ring (bicyclic) bond motifs is 3. The van der Waals surface area contributed by atoms with Crippen molar-refractivity contribution in [3.8, 4) is 22.6 Å². The largest absolute Gasteiger partial charge is 0.491 e. The molecule has 0 saturated heterocycles. The first-order valence-corrected chi connectivity index (χ1v) is 11.2. The van der Waals surface area contributed by atoms with Gasteiger partial charge in [0, 0.05) is 0 Å². The predicted molar refractivity (Wildman–Crippen MR) is 116 cm³/mol. The third-order valence-electron chi connectivity index (χ3n) is 5.97. The molecule has 37 heavy (non-hydrogen) atoms. The van der Waals surface area contributed by atoms with Gasteiger partial charge in [-0.3, -0.25) is 0 Å². The van der Waals surface area contributed by atoms with Crippen LogP contribution in [0.15, 0.2) is 42.5 Å². The molecule has 0 unspecified atom stereocenters. The van der Waals surface area contributed by atoms with Crippen LogP contribution in [-0.2, 0) is 24.4 Å². The number of ether oxygens (including phenoxy) is 2. The average Bonchev–Trinajstić information content (AvgIpc) is 2.81. The summed E-state index contributed by atoms with van der Waals surface area (Å²) in [5, 5.41) is 0. The Kier molecular flexibility index (Phi) is 6.62. The first-order valence-electron chi connectivity index (χ1n) is 11.2. The Balaban J connectivity index is 1.82. The second-order valence-electron chi connectivity index (χ2n) is 8.36. The van der Waals surface area contributed by atoms with Gasteiger partial charge in [0.05, 0.1) is 23.3 Å². The summed E-state index contributed by atoms with van der Waals surface area (Å²) in [5.74, 6) is -17.7. The van der Waals surface area contributed by atoms with Gasteiger partial charge in [0.2, 0.25) is 0 Å². The molecule has 198 valence electrons. The lowest BCUT2D eigenvalue weighted by Crippen LogP contribution is -2.41. The van der Waals surface area contributed by atoms with Gasteiger partial charge >= 0.3 is 18.0 Å². The monoisotopic (exact) mass is 534 g/mol. The first-order chi connectivity index (χ1) is 17.3. The van der Waals surface area contributed by atoms with Crippen molar-refractivity contribution >= 4 is 0 Å². The number of rotatable bonds is 7. The molecule has 11 heteroatoms. The van der Waals surface area contributed by atoms with Crippen molar-refractivity contribution in [2.75, 3.05) is 6.61 Å². The minimum absolute atomic E-state index is 0.141. The minimum Gasteiger partial charge on any atom is -0.491 e. The topological polar surface area (TPSA) is 18.5 Å². The highest BCUT2D eigenvalue weighted by atomic mass is 19.3. The number of halogens is 9. The third-order valence-corrected chi connectivity index (χ3v) is 5.97. The van der Waals surface area contributed by atoms with Gasteiger partial charge in [0.15, 0.2) is 23.1 Å². The van der Waals surface area contributed by atoms with Crippen molar-refractivity contribution in [3.63, 3.8) is 0 Å². The molecule has 0 N–H and O–H groups in total. The van der Waals surface area contributed by atoms with Crippen molar-refractivity contribution in [1.82, 2.24) is 0 Å². The third kappa shape index (κ3) is 4.18. The molecular weight excluding hydrogens is 515 g/mol. The average molecular weight is 534 g/mol. The zero-order valence-electron chi connectivity index (χ0n) is 19.4. The standard InChI is InChI=1S/C26H19F9O2/c1-3-5-13-6-7-14(12-17(13)27)26(34,35)37-19-11-9-16-15-8-10-18(36-4-2)22(28)20(15)24(30,31)25(32,33)21(16)23(19)29/h6-12H,3-5H2,1-2H3. The van der Waals surface area contributed by atoms with Crippen LogP contribution in [0.3, 0.4) is 0 Å². The lowest BCUT2D eigenvalue weighted by Gasteiger charge is -2.35. The highest BCUT2D eigenvalue weighted by molar-refractivity contribution is 5.78. The first kappa shape index (κ1) is 26.7. The summed E-state index contributed by atoms with van der Waals surface area (Å²) in [5.41, 5.74) is -6.16. The Bertz CT molecular complexity index is 1350. The van der Waals surface area contributed by atoms with Crippen molar-refractivity contribution < 1.29 is 49.0 Å². The molecule has 0 bridgehead atoms. The van der Waals surface area contributed by atoms with E-state index < -0.39 is 74.7 Å². The van der Waals surface area contributed by atoms with Crippen LogP contribution in [0.2, 0.25) is 0 Å². The van der Waals surface area contributed by atoms with Gasteiger partial charge in [-0.1, -0.05) is 19.4 Å². The zero-order chi connectivity index (χ0) is 27.3. The Labute approximate surface area is 205 Å². The van der Waals surface area contributed by atoms with Crippen molar-refractivity contribution in [2.45, 2.75) is 44.6 Å². The van der Waals surface area contributed by atoms with E-state index in [4.69, 9.17) is 4.74 Å². The maximum atomic E-state index is 15.2. The van der Waals surface area contributed by atoms with E-state index in [1.54, 1.807) is 6.92 Å². The summed E-state index contributed by atoms with van der Waals surface area (Å²) in [6.07, 6.45) is -3.62. The number of hydrogen-bond acceptors (Lipinski definition) is 2. The molecule has 1 aliphatic rings. The SMILES string of the molecule is CCCc1ccc(C(F)(F)Oc2ccc3c(c2F)C(F)(F)C(F)(F)c2c-3ccc(OCC)c2F)cc1F. The fourth-order valence-electron chi connectivity index (χ4n) is 4.23. The van der Waals surface area contributed by atoms with E-state index >= 15 is 13.2 Å². The van der Waals surface area contributed by atoms with Crippen LogP contribution in [0.5, 0.6) is 11.5 Å². The Morgan fingerprint density at radius 1 is 0.757 bits per heavy atom. The predicted octanol–water partition coefficient (Wildman–Crippen LogP) is 8.45. The summed E-state index contributed by atoms with van der Waals surface area (Å²) in [6.45, 7) is 3.01. The van der Waals surface area contributed by atoms with E-state index in [1.807, 2.05) is 0 Å². The fraction of sp³-hybridized carbons (Fsp3) is 0.308. The van der Waals surface area contributed by atoms with Gasteiger partial charge in [-0.2, -0.15) is 26.3 Å². The molecule has 0 aliphatic heterocycles. The number of aryl methyl sites for hydroxylation is 1. The van der Waals surface area contributed by atoms with Gasteiger partial charge in [0.25, 0.3) is 0 Å². The lowest BCUT2D eigenvalue weighted by atomic mass is 9.79. The Morgan fingerprint density at radius 2 is 1.30 bits per heavy atom. The van der Waals surface area contributed by atoms with Crippen LogP contribution >= 0.6 is 0 Å². The summed E-state index contributed by atoms with van der Waals surface area (Å²) < 4.78 is 143. The zero-order valence-corrected chi connectivity index (χ0v) is 19.4. The van der Waals surface area contributed by atoms with Gasteiger partial charge in [-0.15, -0.1) is 0 Å². The molecule has 0 radical (unpaired) electrons. The van der Waals surface area contributed by atoms with Gasteiger partial charge < -0.3 is 9.47 Å². The summed E-state index contributed by atoms with van der Waals surface area (Å²) in [4.78, 5) is 0.